The van der Waals surface area contributed by atoms with Gasteiger partial charge in [-0.05, 0) is 42.0 Å². The first-order valence-electron chi connectivity index (χ1n) is 12.3. The number of carbonyl (C=O) groups excluding carboxylic acids is 1. The summed E-state index contributed by atoms with van der Waals surface area (Å²) < 4.78 is 13.9. The molecule has 1 heterocycles. The van der Waals surface area contributed by atoms with Crippen LogP contribution >= 0.6 is 0 Å². The van der Waals surface area contributed by atoms with Crippen LogP contribution in [-0.4, -0.2) is 35.3 Å². The maximum Gasteiger partial charge on any atom is 0.313 e. The molecule has 0 aliphatic heterocycles. The zero-order chi connectivity index (χ0) is 26.3. The summed E-state index contributed by atoms with van der Waals surface area (Å²) in [5.41, 5.74) is 5.58. The fraction of sp³-hybridized carbons (Fsp3) is 0.367. The Morgan fingerprint density at radius 3 is 2.33 bits per heavy atom. The van der Waals surface area contributed by atoms with E-state index >= 15 is 0 Å². The van der Waals surface area contributed by atoms with Gasteiger partial charge < -0.3 is 9.47 Å². The summed E-state index contributed by atoms with van der Waals surface area (Å²) in [5, 5.41) is 4.61. The number of esters is 1. The van der Waals surface area contributed by atoms with Gasteiger partial charge in [0.25, 0.3) is 0 Å². The second kappa shape index (κ2) is 11.8. The Labute approximate surface area is 214 Å². The van der Waals surface area contributed by atoms with Crippen LogP contribution in [0.25, 0.3) is 11.3 Å². The van der Waals surface area contributed by atoms with E-state index in [2.05, 4.69) is 55.1 Å². The van der Waals surface area contributed by atoms with Crippen LogP contribution in [0.4, 0.5) is 0 Å². The molecule has 0 fully saturated rings. The molecule has 6 heteroatoms. The largest absolute Gasteiger partial charge is 0.452 e. The highest BCUT2D eigenvalue weighted by Gasteiger charge is 2.22. The highest BCUT2D eigenvalue weighted by atomic mass is 16.7. The molecule has 0 saturated carbocycles. The number of allylic oxidation sites excluding steroid dienone is 1. The van der Waals surface area contributed by atoms with Gasteiger partial charge in [-0.1, -0.05) is 75.4 Å². The predicted molar refractivity (Wildman–Crippen MR) is 146 cm³/mol. The Kier molecular flexibility index (Phi) is 8.86. The molecular formula is C30H37N3O3. The lowest BCUT2D eigenvalue weighted by Crippen LogP contribution is -2.20. The van der Waals surface area contributed by atoms with Gasteiger partial charge in [-0.25, -0.2) is 0 Å². The molecule has 1 atom stereocenters. The van der Waals surface area contributed by atoms with Gasteiger partial charge >= 0.3 is 5.97 Å². The number of hydrogen-bond acceptors (Lipinski definition) is 5. The Balaban J connectivity index is 2.00. The molecule has 0 amide bonds. The van der Waals surface area contributed by atoms with Crippen LogP contribution in [0.1, 0.15) is 62.7 Å². The smallest absolute Gasteiger partial charge is 0.313 e. The lowest BCUT2D eigenvalue weighted by molar-refractivity contribution is -0.163. The molecule has 190 valence electrons. The Morgan fingerprint density at radius 1 is 1.08 bits per heavy atom. The van der Waals surface area contributed by atoms with Gasteiger partial charge in [0.15, 0.2) is 5.76 Å². The quantitative estimate of drug-likeness (QED) is 0.155. The first-order chi connectivity index (χ1) is 17.1. The van der Waals surface area contributed by atoms with Crippen LogP contribution in [0.2, 0.25) is 0 Å². The van der Waals surface area contributed by atoms with Gasteiger partial charge in [0.1, 0.15) is 5.69 Å². The second-order valence-corrected chi connectivity index (χ2v) is 9.78. The fourth-order valence-electron chi connectivity index (χ4n) is 3.95. The van der Waals surface area contributed by atoms with E-state index in [1.807, 2.05) is 54.9 Å². The van der Waals surface area contributed by atoms with Crippen molar-refractivity contribution in [1.82, 2.24) is 9.78 Å². The maximum absolute atomic E-state index is 12.6. The monoisotopic (exact) mass is 487 g/mol. The average molecular weight is 488 g/mol. The normalized spacial score (nSPS) is 13.4. The molecule has 0 saturated heterocycles. The number of aryl methyl sites for hydroxylation is 2. The molecule has 0 bridgehead atoms. The average Bonchev–Trinajstić information content (AvgIpc) is 3.22. The molecule has 0 radical (unpaired) electrons. The molecule has 6 nitrogen and oxygen atoms in total. The Bertz CT molecular complexity index is 1220. The minimum atomic E-state index is -0.814. The minimum Gasteiger partial charge on any atom is -0.452 e. The Morgan fingerprint density at radius 2 is 1.75 bits per heavy atom. The van der Waals surface area contributed by atoms with Gasteiger partial charge in [-0.15, -0.1) is 0 Å². The standard InChI is InChI=1S/C30H37N3O3/c1-8-33-27(18-21(2)32-33)29(36-22(3)35-28(34)19-23-12-10-9-11-13-23)26(20-31-7)24-14-16-25(17-15-24)30(4,5)6/h9-18,20,22H,8,19H2,1-7H3/b29-26-,31-20?. The molecule has 3 rings (SSSR count). The number of rotatable bonds is 9. The van der Waals surface area contributed by atoms with Crippen molar-refractivity contribution in [2.24, 2.45) is 4.99 Å². The third kappa shape index (κ3) is 6.94. The van der Waals surface area contributed by atoms with E-state index in [0.29, 0.717) is 12.3 Å². The number of carbonyl (C=O) groups is 1. The number of ether oxygens (including phenoxy) is 2. The van der Waals surface area contributed by atoms with Gasteiger partial charge in [-0.2, -0.15) is 5.10 Å². The van der Waals surface area contributed by atoms with Crippen molar-refractivity contribution in [3.63, 3.8) is 0 Å². The lowest BCUT2D eigenvalue weighted by Gasteiger charge is -2.22. The fourth-order valence-corrected chi connectivity index (χ4v) is 3.95. The second-order valence-electron chi connectivity index (χ2n) is 9.78. The molecule has 0 aliphatic rings. The molecule has 1 aromatic heterocycles. The zero-order valence-electron chi connectivity index (χ0n) is 22.4. The number of aliphatic imine (C=N–C) groups is 1. The molecule has 0 N–H and O–H groups in total. The van der Waals surface area contributed by atoms with Crippen LogP contribution < -0.4 is 0 Å². The number of nitrogens with zero attached hydrogens (tertiary/aromatic N) is 3. The van der Waals surface area contributed by atoms with Crippen molar-refractivity contribution >= 4 is 23.5 Å². The third-order valence-corrected chi connectivity index (χ3v) is 5.77. The van der Waals surface area contributed by atoms with Crippen molar-refractivity contribution in [1.29, 1.82) is 0 Å². The third-order valence-electron chi connectivity index (χ3n) is 5.77. The van der Waals surface area contributed by atoms with Crippen molar-refractivity contribution in [2.45, 2.75) is 66.2 Å². The highest BCUT2D eigenvalue weighted by Crippen LogP contribution is 2.31. The van der Waals surface area contributed by atoms with Gasteiger partial charge in [0.05, 0.1) is 12.1 Å². The summed E-state index contributed by atoms with van der Waals surface area (Å²) in [4.78, 5) is 16.9. The van der Waals surface area contributed by atoms with Crippen LogP contribution in [0.3, 0.4) is 0 Å². The number of aromatic nitrogens is 2. The van der Waals surface area contributed by atoms with Crippen LogP contribution in [0.15, 0.2) is 65.7 Å². The van der Waals surface area contributed by atoms with Gasteiger partial charge in [0.2, 0.25) is 6.29 Å². The topological polar surface area (TPSA) is 65.7 Å². The summed E-state index contributed by atoms with van der Waals surface area (Å²) in [6.07, 6.45) is 1.14. The predicted octanol–water partition coefficient (Wildman–Crippen LogP) is 6.23. The SMILES string of the molecule is CCn1nc(C)cc1/C(OC(C)OC(=O)Cc1ccccc1)=C(\C=NC)c1ccc(C(C)(C)C)cc1. The molecule has 0 spiro atoms. The summed E-state index contributed by atoms with van der Waals surface area (Å²) in [6.45, 7) is 12.9. The first kappa shape index (κ1) is 26.9. The summed E-state index contributed by atoms with van der Waals surface area (Å²) in [7, 11) is 1.73. The van der Waals surface area contributed by atoms with Crippen molar-refractivity contribution in [2.75, 3.05) is 7.05 Å². The van der Waals surface area contributed by atoms with E-state index in [1.165, 1.54) is 5.56 Å². The van der Waals surface area contributed by atoms with E-state index in [1.54, 1.807) is 20.2 Å². The van der Waals surface area contributed by atoms with E-state index < -0.39 is 6.29 Å². The van der Waals surface area contributed by atoms with Gasteiger partial charge in [0, 0.05) is 32.3 Å². The lowest BCUT2D eigenvalue weighted by atomic mass is 9.86. The summed E-state index contributed by atoms with van der Waals surface area (Å²) >= 11 is 0. The summed E-state index contributed by atoms with van der Waals surface area (Å²) in [6, 6.07) is 19.9. The molecule has 2 aromatic carbocycles. The Hall–Kier alpha value is -3.67. The van der Waals surface area contributed by atoms with Crippen molar-refractivity contribution < 1.29 is 14.3 Å². The highest BCUT2D eigenvalue weighted by molar-refractivity contribution is 6.18. The van der Waals surface area contributed by atoms with Crippen LogP contribution in [-0.2, 0) is 32.6 Å². The molecule has 3 aromatic rings. The molecule has 36 heavy (non-hydrogen) atoms. The van der Waals surface area contributed by atoms with E-state index in [4.69, 9.17) is 9.47 Å². The van der Waals surface area contributed by atoms with E-state index in [-0.39, 0.29) is 17.8 Å². The number of benzene rings is 2. The molecule has 1 unspecified atom stereocenters. The van der Waals surface area contributed by atoms with Gasteiger partial charge in [-0.3, -0.25) is 14.5 Å². The first-order valence-corrected chi connectivity index (χ1v) is 12.3. The molecular weight excluding hydrogens is 450 g/mol. The minimum absolute atomic E-state index is 0.0417. The van der Waals surface area contributed by atoms with Crippen LogP contribution in [0, 0.1) is 6.92 Å². The number of hydrogen-bond donors (Lipinski definition) is 0. The zero-order valence-corrected chi connectivity index (χ0v) is 22.4. The van der Waals surface area contributed by atoms with E-state index in [9.17, 15) is 4.79 Å². The molecule has 0 aliphatic carbocycles. The van der Waals surface area contributed by atoms with Crippen molar-refractivity contribution in [3.8, 4) is 0 Å². The summed E-state index contributed by atoms with van der Waals surface area (Å²) in [5.74, 6) is 0.208. The van der Waals surface area contributed by atoms with Crippen molar-refractivity contribution in [3.05, 3.63) is 88.7 Å². The van der Waals surface area contributed by atoms with E-state index in [0.717, 1.165) is 28.1 Å². The van der Waals surface area contributed by atoms with Crippen LogP contribution in [0.5, 0.6) is 0 Å². The maximum atomic E-state index is 12.6.